The van der Waals surface area contributed by atoms with Crippen LogP contribution in [0.2, 0.25) is 10.0 Å². The Balaban J connectivity index is 0.00000144. The summed E-state index contributed by atoms with van der Waals surface area (Å²) in [5, 5.41) is 1.08. The molecule has 2 aliphatic rings. The van der Waals surface area contributed by atoms with E-state index < -0.39 is 5.43 Å². The van der Waals surface area contributed by atoms with Crippen molar-refractivity contribution in [2.75, 3.05) is 57.2 Å². The van der Waals surface area contributed by atoms with Crippen LogP contribution in [-0.2, 0) is 4.94 Å². The van der Waals surface area contributed by atoms with Gasteiger partial charge >= 0.3 is 0 Å². The van der Waals surface area contributed by atoms with E-state index in [1.165, 1.54) is 6.07 Å². The summed E-state index contributed by atoms with van der Waals surface area (Å²) in [7, 11) is 5.10. The third-order valence-corrected chi connectivity index (χ3v) is 9.88. The minimum Gasteiger partial charge on any atom is -0.474 e. The number of H-pyrrole nitrogens is 1. The van der Waals surface area contributed by atoms with E-state index in [2.05, 4.69) is 43.7 Å². The Morgan fingerprint density at radius 3 is 2.49 bits per heavy atom. The number of nitrogens with one attached hydrogen (secondary N) is 1. The number of hydrogen-bond acceptors (Lipinski definition) is 10. The van der Waals surface area contributed by atoms with Crippen LogP contribution in [0.5, 0.6) is 5.88 Å². The number of aromatic nitrogens is 4. The highest BCUT2D eigenvalue weighted by atomic mass is 35.5. The highest BCUT2D eigenvalue weighted by Crippen LogP contribution is 2.40. The van der Waals surface area contributed by atoms with Gasteiger partial charge in [0.2, 0.25) is 11.4 Å². The van der Waals surface area contributed by atoms with Gasteiger partial charge in [-0.15, -0.1) is 0 Å². The minimum absolute atomic E-state index is 0.0183. The van der Waals surface area contributed by atoms with Gasteiger partial charge in [-0.1, -0.05) is 29.3 Å². The Kier molecular flexibility index (Phi) is 11.0. The average molecular weight is 737 g/mol. The third kappa shape index (κ3) is 7.61. The van der Waals surface area contributed by atoms with Gasteiger partial charge in [0.1, 0.15) is 17.4 Å². The zero-order valence-corrected chi connectivity index (χ0v) is 29.6. The van der Waals surface area contributed by atoms with Gasteiger partial charge in [0.25, 0.3) is 0 Å². The van der Waals surface area contributed by atoms with Gasteiger partial charge in [-0.3, -0.25) is 14.4 Å². The lowest BCUT2D eigenvalue weighted by atomic mass is 9.98. The van der Waals surface area contributed by atoms with Gasteiger partial charge in [0.05, 0.1) is 46.8 Å². The summed E-state index contributed by atoms with van der Waals surface area (Å²) in [6.07, 6.45) is 7.92. The quantitative estimate of drug-likeness (QED) is 0.200. The van der Waals surface area contributed by atoms with Crippen molar-refractivity contribution in [2.24, 2.45) is 0 Å². The van der Waals surface area contributed by atoms with Crippen molar-refractivity contribution in [1.29, 1.82) is 0 Å². The van der Waals surface area contributed by atoms with Gasteiger partial charge in [-0.25, -0.2) is 9.97 Å². The Morgan fingerprint density at radius 1 is 1.06 bits per heavy atom. The molecule has 0 radical (unpaired) electrons. The SMILES string of the molecule is CN(C)C1CN(c2ccc(-n3cc(C=O)c(=O)c4cc(Cl)c(N5CC(c6ccc(=O)[nH]c6)CC5COc5ncccc5Cl)cc43)cn2)C1.COF. The Bertz CT molecular complexity index is 2120. The number of rotatable bonds is 9. The molecule has 4 aromatic heterocycles. The van der Waals surface area contributed by atoms with E-state index in [1.54, 1.807) is 43.0 Å². The molecule has 1 aromatic carbocycles. The fourth-order valence-corrected chi connectivity index (χ4v) is 6.94. The molecule has 0 aliphatic carbocycles. The predicted octanol–water partition coefficient (Wildman–Crippen LogP) is 5.30. The standard InChI is InChI=1S/C35H33Cl2N7O4.CH3FO/c1-41(2)26-17-42(18-26)32-7-6-24(14-39-32)43-16-23(19-45)34(47)27-11-29(37)31(12-30(27)43)44-15-22(21-5-8-33(46)40-13-21)10-25(44)20-48-35-28(36)4-3-9-38-35;1-3-2/h3-9,11-14,16,19,22,25-26H,10,15,17-18,20H2,1-2H3,(H,40,46);1H3. The van der Waals surface area contributed by atoms with Crippen molar-refractivity contribution in [1.82, 2.24) is 24.4 Å². The summed E-state index contributed by atoms with van der Waals surface area (Å²) in [6.45, 7) is 2.62. The van der Waals surface area contributed by atoms with E-state index in [-0.39, 0.29) is 29.7 Å². The zero-order chi connectivity index (χ0) is 36.2. The number of ether oxygens (including phenoxy) is 1. The number of likely N-dealkylation sites (N-methyl/N-ethyl adjacent to an activating group) is 1. The molecule has 7 rings (SSSR count). The molecule has 2 aliphatic heterocycles. The smallest absolute Gasteiger partial charge is 0.247 e. The molecule has 15 heteroatoms. The molecule has 0 amide bonds. The fourth-order valence-electron chi connectivity index (χ4n) is 6.49. The Labute approximate surface area is 302 Å². The number of nitrogens with zero attached hydrogens (tertiary/aromatic N) is 6. The highest BCUT2D eigenvalue weighted by molar-refractivity contribution is 6.34. The molecule has 12 nitrogen and oxygen atoms in total. The second-order valence-corrected chi connectivity index (χ2v) is 13.4. The number of halogens is 3. The highest BCUT2D eigenvalue weighted by Gasteiger charge is 2.35. The summed E-state index contributed by atoms with van der Waals surface area (Å²) in [4.78, 5) is 58.3. The number of benzene rings is 1. The summed E-state index contributed by atoms with van der Waals surface area (Å²) >= 11 is 13.3. The topological polar surface area (TPSA) is 126 Å². The number of carbonyl (C=O) groups excluding carboxylic acids is 1. The molecule has 6 heterocycles. The van der Waals surface area contributed by atoms with Crippen LogP contribution in [0, 0.1) is 0 Å². The molecule has 51 heavy (non-hydrogen) atoms. The van der Waals surface area contributed by atoms with Crippen molar-refractivity contribution in [3.05, 3.63) is 115 Å². The van der Waals surface area contributed by atoms with Gasteiger partial charge in [0.15, 0.2) is 11.7 Å². The monoisotopic (exact) mass is 735 g/mol. The van der Waals surface area contributed by atoms with Gasteiger partial charge in [0, 0.05) is 61.6 Å². The van der Waals surface area contributed by atoms with Crippen molar-refractivity contribution >= 4 is 51.9 Å². The van der Waals surface area contributed by atoms with Crippen LogP contribution in [0.15, 0.2) is 82.9 Å². The fraction of sp³-hybridized carbons (Fsp3) is 0.306. The van der Waals surface area contributed by atoms with Crippen molar-refractivity contribution in [2.45, 2.75) is 24.4 Å². The van der Waals surface area contributed by atoms with E-state index in [4.69, 9.17) is 32.9 Å². The summed E-state index contributed by atoms with van der Waals surface area (Å²) in [6, 6.07) is 14.5. The Morgan fingerprint density at radius 2 is 1.84 bits per heavy atom. The molecule has 2 saturated heterocycles. The molecular weight excluding hydrogens is 700 g/mol. The lowest BCUT2D eigenvalue weighted by molar-refractivity contribution is -0.0960. The van der Waals surface area contributed by atoms with Gasteiger partial charge < -0.3 is 29.0 Å². The normalized spacial score (nSPS) is 17.3. The number of fused-ring (bicyclic) bond motifs is 1. The summed E-state index contributed by atoms with van der Waals surface area (Å²) in [5.74, 6) is 1.24. The maximum absolute atomic E-state index is 13.4. The molecular formula is C36H36Cl2FN7O5. The van der Waals surface area contributed by atoms with E-state index in [9.17, 15) is 18.9 Å². The molecule has 1 N–H and O–H groups in total. The summed E-state index contributed by atoms with van der Waals surface area (Å²) in [5.41, 5.74) is 2.40. The van der Waals surface area contributed by atoms with E-state index >= 15 is 0 Å². The lowest BCUT2D eigenvalue weighted by Gasteiger charge is -2.43. The van der Waals surface area contributed by atoms with Crippen LogP contribution in [0.3, 0.4) is 0 Å². The number of carbonyl (C=O) groups is 1. The first-order valence-electron chi connectivity index (χ1n) is 16.2. The number of pyridine rings is 4. The lowest BCUT2D eigenvalue weighted by Crippen LogP contribution is -2.57. The first-order valence-corrected chi connectivity index (χ1v) is 16.9. The predicted molar refractivity (Wildman–Crippen MR) is 196 cm³/mol. The number of aldehydes is 1. The van der Waals surface area contributed by atoms with Crippen molar-refractivity contribution < 1.29 is 19.0 Å². The van der Waals surface area contributed by atoms with E-state index in [1.807, 2.05) is 28.8 Å². The molecule has 266 valence electrons. The molecule has 2 atom stereocenters. The molecule has 5 aromatic rings. The first-order chi connectivity index (χ1) is 24.6. The van der Waals surface area contributed by atoms with Crippen LogP contribution in [0.25, 0.3) is 16.6 Å². The Hall–Kier alpha value is -4.82. The number of aromatic amines is 1. The van der Waals surface area contributed by atoms with Crippen molar-refractivity contribution in [3.8, 4) is 11.6 Å². The van der Waals surface area contributed by atoms with Crippen LogP contribution in [0.4, 0.5) is 16.0 Å². The van der Waals surface area contributed by atoms with Gasteiger partial charge in [-0.05, 0) is 67.0 Å². The zero-order valence-electron chi connectivity index (χ0n) is 28.1. The van der Waals surface area contributed by atoms with Crippen LogP contribution in [0.1, 0.15) is 28.3 Å². The molecule has 0 spiro atoms. The average Bonchev–Trinajstić information content (AvgIpc) is 3.52. The molecule has 0 saturated carbocycles. The van der Waals surface area contributed by atoms with Crippen molar-refractivity contribution in [3.63, 3.8) is 0 Å². The third-order valence-electron chi connectivity index (χ3n) is 9.29. The van der Waals surface area contributed by atoms with E-state index in [0.29, 0.717) is 63.5 Å². The van der Waals surface area contributed by atoms with E-state index in [0.717, 1.165) is 31.6 Å². The minimum atomic E-state index is -0.401. The first kappa shape index (κ1) is 36.0. The summed E-state index contributed by atoms with van der Waals surface area (Å²) < 4.78 is 17.7. The number of anilines is 2. The number of hydrogen-bond donors (Lipinski definition) is 1. The largest absolute Gasteiger partial charge is 0.474 e. The molecule has 2 fully saturated rings. The molecule has 2 unspecified atom stereocenters. The second kappa shape index (κ2) is 15.6. The van der Waals surface area contributed by atoms with Crippen LogP contribution >= 0.6 is 23.2 Å². The molecule has 0 bridgehead atoms. The maximum atomic E-state index is 13.4. The maximum Gasteiger partial charge on any atom is 0.247 e. The van der Waals surface area contributed by atoms with Crippen LogP contribution in [-0.4, -0.2) is 90.2 Å². The van der Waals surface area contributed by atoms with Gasteiger partial charge in [-0.2, -0.15) is 4.94 Å². The second-order valence-electron chi connectivity index (χ2n) is 12.6. The van der Waals surface area contributed by atoms with Crippen LogP contribution < -0.4 is 25.5 Å².